The molecule has 0 aliphatic rings. The number of nitrogens with two attached hydrogens (primary N) is 1. The third-order valence-electron chi connectivity index (χ3n) is 2.88. The molecule has 0 atom stereocenters. The Morgan fingerprint density at radius 1 is 1.19 bits per heavy atom. The smallest absolute Gasteiger partial charge is 0.224 e. The summed E-state index contributed by atoms with van der Waals surface area (Å²) < 4.78 is 0. The minimum Gasteiger partial charge on any atom is -0.330 e. The first-order valence-corrected chi connectivity index (χ1v) is 8.27. The van der Waals surface area contributed by atoms with Gasteiger partial charge < -0.3 is 11.1 Å². The molecule has 0 unspecified atom stereocenters. The molecule has 1 amide bonds. The standard InChI is InChI=1S/C16H26N2OS.ClH/c1-13(2)20-15-10-7-6-9-14(15)18-16(19)11-5-3-4-8-12-17;/h6-7,9-10,13H,3-5,8,11-12,17H2,1-2H3,(H,18,19);1H. The number of rotatable bonds is 9. The molecule has 0 aliphatic heterocycles. The number of carbonyl (C=O) groups excluding carboxylic acids is 1. The molecular weight excluding hydrogens is 304 g/mol. The highest BCUT2D eigenvalue weighted by atomic mass is 35.5. The molecule has 3 nitrogen and oxygen atoms in total. The van der Waals surface area contributed by atoms with Gasteiger partial charge in [0.1, 0.15) is 0 Å². The van der Waals surface area contributed by atoms with Crippen molar-refractivity contribution in [3.63, 3.8) is 0 Å². The van der Waals surface area contributed by atoms with Gasteiger partial charge in [0.05, 0.1) is 5.69 Å². The zero-order valence-electron chi connectivity index (χ0n) is 12.9. The van der Waals surface area contributed by atoms with E-state index in [4.69, 9.17) is 5.73 Å². The Bertz CT molecular complexity index is 413. The molecule has 3 N–H and O–H groups in total. The van der Waals surface area contributed by atoms with Gasteiger partial charge in [-0.1, -0.05) is 38.8 Å². The van der Waals surface area contributed by atoms with Crippen LogP contribution in [0.25, 0.3) is 0 Å². The van der Waals surface area contributed by atoms with Crippen LogP contribution in [0.1, 0.15) is 46.0 Å². The van der Waals surface area contributed by atoms with Crippen LogP contribution < -0.4 is 11.1 Å². The van der Waals surface area contributed by atoms with E-state index in [1.807, 2.05) is 18.2 Å². The van der Waals surface area contributed by atoms with E-state index in [1.165, 1.54) is 0 Å². The number of anilines is 1. The van der Waals surface area contributed by atoms with Crippen LogP contribution in [0.2, 0.25) is 0 Å². The number of amides is 1. The van der Waals surface area contributed by atoms with Gasteiger partial charge in [0.25, 0.3) is 0 Å². The second-order valence-corrected chi connectivity index (χ2v) is 6.78. The van der Waals surface area contributed by atoms with Crippen LogP contribution in [0.5, 0.6) is 0 Å². The van der Waals surface area contributed by atoms with E-state index in [9.17, 15) is 4.79 Å². The summed E-state index contributed by atoms with van der Waals surface area (Å²) in [6.45, 7) is 5.05. The second kappa shape index (κ2) is 11.9. The predicted molar refractivity (Wildman–Crippen MR) is 95.5 cm³/mol. The molecule has 1 aromatic carbocycles. The molecule has 5 heteroatoms. The van der Waals surface area contributed by atoms with E-state index in [-0.39, 0.29) is 18.3 Å². The molecule has 0 bridgehead atoms. The molecule has 1 aromatic rings. The molecule has 0 aliphatic carbocycles. The summed E-state index contributed by atoms with van der Waals surface area (Å²) in [6, 6.07) is 7.99. The van der Waals surface area contributed by atoms with Crippen molar-refractivity contribution >= 4 is 35.8 Å². The Balaban J connectivity index is 0.00000400. The first kappa shape index (κ1) is 20.3. The monoisotopic (exact) mass is 330 g/mol. The van der Waals surface area contributed by atoms with Crippen molar-refractivity contribution in [2.45, 2.75) is 56.1 Å². The summed E-state index contributed by atoms with van der Waals surface area (Å²) in [4.78, 5) is 13.1. The average molecular weight is 331 g/mol. The third kappa shape index (κ3) is 9.02. The zero-order valence-corrected chi connectivity index (χ0v) is 14.6. The van der Waals surface area contributed by atoms with Crippen molar-refractivity contribution in [2.24, 2.45) is 5.73 Å². The first-order valence-electron chi connectivity index (χ1n) is 7.39. The van der Waals surface area contributed by atoms with Crippen molar-refractivity contribution < 1.29 is 4.79 Å². The maximum atomic E-state index is 11.9. The fourth-order valence-electron chi connectivity index (χ4n) is 1.92. The normalized spacial score (nSPS) is 10.3. The van der Waals surface area contributed by atoms with Gasteiger partial charge >= 0.3 is 0 Å². The highest BCUT2D eigenvalue weighted by Gasteiger charge is 2.08. The molecule has 0 fully saturated rings. The zero-order chi connectivity index (χ0) is 14.8. The van der Waals surface area contributed by atoms with Crippen molar-refractivity contribution in [3.05, 3.63) is 24.3 Å². The number of hydrogen-bond donors (Lipinski definition) is 2. The van der Waals surface area contributed by atoms with Crippen molar-refractivity contribution in [3.8, 4) is 0 Å². The van der Waals surface area contributed by atoms with E-state index >= 15 is 0 Å². The predicted octanol–water partition coefficient (Wildman–Crippen LogP) is 4.46. The maximum absolute atomic E-state index is 11.9. The lowest BCUT2D eigenvalue weighted by Gasteiger charge is -2.12. The highest BCUT2D eigenvalue weighted by Crippen LogP contribution is 2.30. The number of hydrogen-bond acceptors (Lipinski definition) is 3. The van der Waals surface area contributed by atoms with Crippen molar-refractivity contribution in [1.82, 2.24) is 0 Å². The summed E-state index contributed by atoms with van der Waals surface area (Å²) in [5.41, 5.74) is 6.38. The summed E-state index contributed by atoms with van der Waals surface area (Å²) in [5, 5.41) is 3.53. The fourth-order valence-corrected chi connectivity index (χ4v) is 2.83. The minimum absolute atomic E-state index is 0. The number of benzene rings is 1. The van der Waals surface area contributed by atoms with E-state index in [2.05, 4.69) is 25.2 Å². The molecule has 120 valence electrons. The number of thioether (sulfide) groups is 1. The van der Waals surface area contributed by atoms with Gasteiger partial charge in [-0.15, -0.1) is 24.2 Å². The lowest BCUT2D eigenvalue weighted by Crippen LogP contribution is -2.12. The maximum Gasteiger partial charge on any atom is 0.224 e. The Morgan fingerprint density at radius 2 is 1.86 bits per heavy atom. The van der Waals surface area contributed by atoms with Crippen LogP contribution in [-0.4, -0.2) is 17.7 Å². The largest absolute Gasteiger partial charge is 0.330 e. The molecule has 0 saturated carbocycles. The van der Waals surface area contributed by atoms with Gasteiger partial charge in [-0.2, -0.15) is 0 Å². The van der Waals surface area contributed by atoms with Gasteiger partial charge in [0, 0.05) is 16.6 Å². The Hall–Kier alpha value is -0.710. The molecule has 21 heavy (non-hydrogen) atoms. The first-order chi connectivity index (χ1) is 9.63. The van der Waals surface area contributed by atoms with Gasteiger partial charge in [-0.25, -0.2) is 0 Å². The third-order valence-corrected chi connectivity index (χ3v) is 3.96. The van der Waals surface area contributed by atoms with Crippen LogP contribution in [0.4, 0.5) is 5.69 Å². The molecular formula is C16H27ClN2OS. The summed E-state index contributed by atoms with van der Waals surface area (Å²) in [7, 11) is 0. The lowest BCUT2D eigenvalue weighted by atomic mass is 10.1. The molecule has 0 heterocycles. The Morgan fingerprint density at radius 3 is 2.52 bits per heavy atom. The van der Waals surface area contributed by atoms with E-state index in [0.717, 1.165) is 42.8 Å². The molecule has 0 spiro atoms. The van der Waals surface area contributed by atoms with Crippen LogP contribution >= 0.6 is 24.2 Å². The Kier molecular flexibility index (Phi) is 11.5. The quantitative estimate of drug-likeness (QED) is 0.519. The molecule has 0 aromatic heterocycles. The van der Waals surface area contributed by atoms with Gasteiger partial charge in [-0.3, -0.25) is 4.79 Å². The number of halogens is 1. The van der Waals surface area contributed by atoms with Crippen molar-refractivity contribution in [1.29, 1.82) is 0 Å². The number of nitrogens with one attached hydrogen (secondary N) is 1. The SMILES string of the molecule is CC(C)Sc1ccccc1NC(=O)CCCCCCN.Cl. The van der Waals surface area contributed by atoms with Crippen LogP contribution in [0.15, 0.2) is 29.2 Å². The number of para-hydroxylation sites is 1. The van der Waals surface area contributed by atoms with Gasteiger partial charge in [0.15, 0.2) is 0 Å². The summed E-state index contributed by atoms with van der Waals surface area (Å²) in [5.74, 6) is 0.106. The lowest BCUT2D eigenvalue weighted by molar-refractivity contribution is -0.116. The summed E-state index contributed by atoms with van der Waals surface area (Å²) >= 11 is 1.77. The highest BCUT2D eigenvalue weighted by molar-refractivity contribution is 8.00. The second-order valence-electron chi connectivity index (χ2n) is 5.16. The topological polar surface area (TPSA) is 55.1 Å². The average Bonchev–Trinajstić information content (AvgIpc) is 2.40. The molecule has 1 rings (SSSR count). The molecule has 0 saturated heterocycles. The van der Waals surface area contributed by atoms with Crippen LogP contribution in [0.3, 0.4) is 0 Å². The minimum atomic E-state index is 0. The molecule has 0 radical (unpaired) electrons. The van der Waals surface area contributed by atoms with E-state index in [1.54, 1.807) is 11.8 Å². The fraction of sp³-hybridized carbons (Fsp3) is 0.562. The van der Waals surface area contributed by atoms with E-state index < -0.39 is 0 Å². The Labute approximate surface area is 138 Å². The van der Waals surface area contributed by atoms with Crippen molar-refractivity contribution in [2.75, 3.05) is 11.9 Å². The van der Waals surface area contributed by atoms with Crippen LogP contribution in [0, 0.1) is 0 Å². The van der Waals surface area contributed by atoms with E-state index in [0.29, 0.717) is 11.7 Å². The summed E-state index contributed by atoms with van der Waals surface area (Å²) in [6.07, 6.45) is 4.77. The van der Waals surface area contributed by atoms with Gasteiger partial charge in [-0.05, 0) is 31.5 Å². The van der Waals surface area contributed by atoms with Gasteiger partial charge in [0.2, 0.25) is 5.91 Å². The van der Waals surface area contributed by atoms with Crippen LogP contribution in [-0.2, 0) is 4.79 Å². The number of carbonyl (C=O) groups is 1. The number of unbranched alkanes of at least 4 members (excludes halogenated alkanes) is 3.